The van der Waals surface area contributed by atoms with Gasteiger partial charge in [-0.05, 0) is 30.5 Å². The van der Waals surface area contributed by atoms with Gasteiger partial charge in [0.15, 0.2) is 0 Å². The summed E-state index contributed by atoms with van der Waals surface area (Å²) in [5, 5.41) is 0. The van der Waals surface area contributed by atoms with Crippen molar-refractivity contribution < 1.29 is 4.74 Å². The molecule has 2 heterocycles. The molecular weight excluding hydrogens is 254 g/mol. The summed E-state index contributed by atoms with van der Waals surface area (Å²) in [7, 11) is 0. The number of anilines is 1. The number of ether oxygens (including phenoxy) is 1. The van der Waals surface area contributed by atoms with Crippen LogP contribution >= 0.6 is 15.9 Å². The van der Waals surface area contributed by atoms with Crippen LogP contribution in [0.2, 0.25) is 0 Å². The molecule has 0 N–H and O–H groups in total. The Morgan fingerprint density at radius 2 is 2.20 bits per heavy atom. The van der Waals surface area contributed by atoms with E-state index in [4.69, 9.17) is 4.74 Å². The average Bonchev–Trinajstić information content (AvgIpc) is 2.17. The molecule has 1 fully saturated rings. The van der Waals surface area contributed by atoms with Crippen molar-refractivity contribution in [3.05, 3.63) is 28.2 Å². The highest BCUT2D eigenvalue weighted by molar-refractivity contribution is 9.10. The van der Waals surface area contributed by atoms with Crippen LogP contribution in [0.5, 0.6) is 0 Å². The molecule has 3 heteroatoms. The smallest absolute Gasteiger partial charge is 0.0757 e. The Balaban J connectivity index is 1.98. The maximum atomic E-state index is 5.28. The molecule has 0 aliphatic carbocycles. The van der Waals surface area contributed by atoms with Gasteiger partial charge in [-0.25, -0.2) is 0 Å². The first-order chi connectivity index (χ1) is 7.36. The van der Waals surface area contributed by atoms with Gasteiger partial charge < -0.3 is 9.64 Å². The molecule has 3 rings (SSSR count). The summed E-state index contributed by atoms with van der Waals surface area (Å²) in [4.78, 5) is 2.51. The van der Waals surface area contributed by atoms with Crippen molar-refractivity contribution in [2.24, 2.45) is 0 Å². The lowest BCUT2D eigenvalue weighted by Crippen LogP contribution is -2.51. The van der Waals surface area contributed by atoms with Crippen molar-refractivity contribution in [2.75, 3.05) is 24.7 Å². The molecule has 1 saturated heterocycles. The fraction of sp³-hybridized carbons (Fsp3) is 0.500. The van der Waals surface area contributed by atoms with Gasteiger partial charge in [0.25, 0.3) is 0 Å². The molecule has 0 amide bonds. The second kappa shape index (κ2) is 3.80. The Bertz CT molecular complexity index is 376. The molecular formula is C12H14BrNO. The lowest BCUT2D eigenvalue weighted by molar-refractivity contribution is 0.00756. The first-order valence-corrected chi connectivity index (χ1v) is 6.27. The van der Waals surface area contributed by atoms with E-state index in [1.54, 1.807) is 0 Å². The van der Waals surface area contributed by atoms with Gasteiger partial charge in [-0.15, -0.1) is 0 Å². The molecule has 0 bridgehead atoms. The molecule has 15 heavy (non-hydrogen) atoms. The van der Waals surface area contributed by atoms with Crippen molar-refractivity contribution in [3.8, 4) is 0 Å². The summed E-state index contributed by atoms with van der Waals surface area (Å²) >= 11 is 3.64. The van der Waals surface area contributed by atoms with Crippen LogP contribution in [-0.4, -0.2) is 25.8 Å². The highest BCUT2D eigenvalue weighted by Crippen LogP contribution is 2.34. The van der Waals surface area contributed by atoms with E-state index >= 15 is 0 Å². The highest BCUT2D eigenvalue weighted by atomic mass is 79.9. The summed E-state index contributed by atoms with van der Waals surface area (Å²) < 4.78 is 6.53. The largest absolute Gasteiger partial charge is 0.377 e. The number of nitrogens with zero attached hydrogens (tertiary/aromatic N) is 1. The van der Waals surface area contributed by atoms with E-state index in [1.165, 1.54) is 35.1 Å². The Kier molecular flexibility index (Phi) is 2.45. The minimum atomic E-state index is 0.610. The van der Waals surface area contributed by atoms with E-state index in [-0.39, 0.29) is 0 Å². The van der Waals surface area contributed by atoms with E-state index < -0.39 is 0 Å². The number of fused-ring (bicyclic) bond motifs is 1. The summed E-state index contributed by atoms with van der Waals surface area (Å²) in [5.41, 5.74) is 2.87. The third-order valence-electron chi connectivity index (χ3n) is 3.29. The number of halogens is 1. The second-order valence-corrected chi connectivity index (χ2v) is 5.08. The molecule has 0 aromatic heterocycles. The third-order valence-corrected chi connectivity index (χ3v) is 4.03. The Morgan fingerprint density at radius 1 is 1.33 bits per heavy atom. The molecule has 0 unspecified atom stereocenters. The topological polar surface area (TPSA) is 12.5 Å². The molecule has 2 aliphatic rings. The highest BCUT2D eigenvalue weighted by Gasteiger charge is 2.29. The summed E-state index contributed by atoms with van der Waals surface area (Å²) in [6, 6.07) is 7.11. The average molecular weight is 268 g/mol. The molecule has 0 radical (unpaired) electrons. The quantitative estimate of drug-likeness (QED) is 0.776. The lowest BCUT2D eigenvalue weighted by atomic mass is 9.99. The van der Waals surface area contributed by atoms with Crippen LogP contribution in [0.25, 0.3) is 0 Å². The molecule has 1 aromatic rings. The van der Waals surface area contributed by atoms with E-state index in [2.05, 4.69) is 39.0 Å². The molecule has 0 atom stereocenters. The predicted octanol–water partition coefficient (Wildman–Crippen LogP) is 2.60. The summed E-state index contributed by atoms with van der Waals surface area (Å²) in [5.74, 6) is 0. The maximum absolute atomic E-state index is 5.28. The van der Waals surface area contributed by atoms with Crippen LogP contribution in [0.1, 0.15) is 12.0 Å². The number of rotatable bonds is 1. The van der Waals surface area contributed by atoms with Crippen molar-refractivity contribution in [1.29, 1.82) is 0 Å². The minimum Gasteiger partial charge on any atom is -0.377 e. The van der Waals surface area contributed by atoms with Gasteiger partial charge in [0, 0.05) is 16.7 Å². The zero-order valence-electron chi connectivity index (χ0n) is 8.58. The van der Waals surface area contributed by atoms with Gasteiger partial charge in [0.1, 0.15) is 0 Å². The Labute approximate surface area is 98.4 Å². The van der Waals surface area contributed by atoms with E-state index in [9.17, 15) is 0 Å². The maximum Gasteiger partial charge on any atom is 0.0757 e. The van der Waals surface area contributed by atoms with Crippen LogP contribution in [-0.2, 0) is 11.2 Å². The van der Waals surface area contributed by atoms with Crippen molar-refractivity contribution in [3.63, 3.8) is 0 Å². The van der Waals surface area contributed by atoms with Crippen molar-refractivity contribution in [1.82, 2.24) is 0 Å². The third kappa shape index (κ3) is 1.58. The number of benzene rings is 1. The predicted molar refractivity (Wildman–Crippen MR) is 64.4 cm³/mol. The normalized spacial score (nSPS) is 21.0. The van der Waals surface area contributed by atoms with Gasteiger partial charge in [-0.1, -0.05) is 22.0 Å². The molecule has 80 valence electrons. The van der Waals surface area contributed by atoms with E-state index in [0.717, 1.165) is 13.2 Å². The van der Waals surface area contributed by atoms with Gasteiger partial charge >= 0.3 is 0 Å². The van der Waals surface area contributed by atoms with Crippen LogP contribution in [0, 0.1) is 0 Å². The van der Waals surface area contributed by atoms with Gasteiger partial charge in [0.2, 0.25) is 0 Å². The zero-order valence-corrected chi connectivity index (χ0v) is 10.2. The fourth-order valence-electron chi connectivity index (χ4n) is 2.39. The van der Waals surface area contributed by atoms with Crippen molar-refractivity contribution >= 4 is 21.6 Å². The van der Waals surface area contributed by atoms with Crippen LogP contribution in [0.3, 0.4) is 0 Å². The second-order valence-electron chi connectivity index (χ2n) is 4.23. The number of hydrogen-bond donors (Lipinski definition) is 0. The Hall–Kier alpha value is -0.540. The monoisotopic (exact) mass is 267 g/mol. The molecule has 0 saturated carbocycles. The SMILES string of the molecule is Brc1cccc2c1CCCN2C1COC1. The standard InChI is InChI=1S/C12H14BrNO/c13-11-4-1-5-12-10(11)3-2-6-14(12)9-7-15-8-9/h1,4-5,9H,2-3,6-8H2. The molecule has 1 aromatic carbocycles. The van der Waals surface area contributed by atoms with Crippen LogP contribution < -0.4 is 4.90 Å². The summed E-state index contributed by atoms with van der Waals surface area (Å²) in [6.45, 7) is 2.97. The van der Waals surface area contributed by atoms with E-state index in [0.29, 0.717) is 6.04 Å². The molecule has 0 spiro atoms. The van der Waals surface area contributed by atoms with Crippen LogP contribution in [0.15, 0.2) is 22.7 Å². The minimum absolute atomic E-state index is 0.610. The first-order valence-electron chi connectivity index (χ1n) is 5.48. The molecule has 2 aliphatic heterocycles. The summed E-state index contributed by atoms with van der Waals surface area (Å²) in [6.07, 6.45) is 2.45. The fourth-order valence-corrected chi connectivity index (χ4v) is 2.95. The first kappa shape index (κ1) is 9.67. The number of hydrogen-bond acceptors (Lipinski definition) is 2. The van der Waals surface area contributed by atoms with E-state index in [1.807, 2.05) is 0 Å². The Morgan fingerprint density at radius 3 is 2.93 bits per heavy atom. The van der Waals surface area contributed by atoms with Gasteiger partial charge in [-0.2, -0.15) is 0 Å². The van der Waals surface area contributed by atoms with Gasteiger partial charge in [0.05, 0.1) is 19.3 Å². The molecule has 2 nitrogen and oxygen atoms in total. The van der Waals surface area contributed by atoms with Crippen LogP contribution in [0.4, 0.5) is 5.69 Å². The van der Waals surface area contributed by atoms with Crippen molar-refractivity contribution in [2.45, 2.75) is 18.9 Å². The zero-order chi connectivity index (χ0) is 10.3. The lowest BCUT2D eigenvalue weighted by Gasteiger charge is -2.42. The van der Waals surface area contributed by atoms with Gasteiger partial charge in [-0.3, -0.25) is 0 Å².